The third-order valence-electron chi connectivity index (χ3n) is 4.49. The van der Waals surface area contributed by atoms with Crippen molar-refractivity contribution in [1.29, 1.82) is 0 Å². The van der Waals surface area contributed by atoms with Gasteiger partial charge in [-0.1, -0.05) is 78.1 Å². The van der Waals surface area contributed by atoms with Crippen molar-refractivity contribution in [2.24, 2.45) is 0 Å². The maximum atomic E-state index is 11.2. The number of hydrogen-bond donors (Lipinski definition) is 2. The van der Waals surface area contributed by atoms with E-state index in [0.29, 0.717) is 12.8 Å². The molecule has 0 aliphatic carbocycles. The van der Waals surface area contributed by atoms with Crippen LogP contribution in [0.15, 0.2) is 0 Å². The Hall–Kier alpha value is -0.130. The number of rotatable bonds is 16. The molecular weight excluding hydrogens is 312 g/mol. The average Bonchev–Trinajstić information content (AvgIpc) is 2.48. The van der Waals surface area contributed by atoms with E-state index < -0.39 is 15.4 Å². The summed E-state index contributed by atoms with van der Waals surface area (Å²) in [5.41, 5.74) is 0. The second-order valence-electron chi connectivity index (χ2n) is 6.77. The largest absolute Gasteiger partial charge is 0.393 e. The zero-order chi connectivity index (χ0) is 17.6. The van der Waals surface area contributed by atoms with Gasteiger partial charge in [0.2, 0.25) is 0 Å². The summed E-state index contributed by atoms with van der Waals surface area (Å²) in [5, 5.41) is 9.32. The Labute approximate surface area is 143 Å². The topological polar surface area (TPSA) is 74.6 Å². The molecule has 2 atom stereocenters. The van der Waals surface area contributed by atoms with Crippen LogP contribution in [0.5, 0.6) is 0 Å². The summed E-state index contributed by atoms with van der Waals surface area (Å²) < 4.78 is 31.6. The van der Waals surface area contributed by atoms with Crippen molar-refractivity contribution in [2.75, 3.05) is 0 Å². The van der Waals surface area contributed by atoms with Crippen LogP contribution in [0.3, 0.4) is 0 Å². The van der Waals surface area contributed by atoms with E-state index >= 15 is 0 Å². The van der Waals surface area contributed by atoms with Gasteiger partial charge in [0.1, 0.15) is 0 Å². The SMILES string of the molecule is CCCCCCCCCC(O)CCCCC(CCC)S(=O)(=O)O. The molecule has 0 amide bonds. The van der Waals surface area contributed by atoms with Gasteiger partial charge in [0.15, 0.2) is 0 Å². The predicted molar refractivity (Wildman–Crippen MR) is 97.3 cm³/mol. The van der Waals surface area contributed by atoms with Gasteiger partial charge in [0, 0.05) is 0 Å². The van der Waals surface area contributed by atoms with Gasteiger partial charge < -0.3 is 5.11 Å². The van der Waals surface area contributed by atoms with Crippen LogP contribution in [0, 0.1) is 0 Å². The molecule has 0 radical (unpaired) electrons. The van der Waals surface area contributed by atoms with E-state index in [1.54, 1.807) is 0 Å². The molecule has 0 aromatic heterocycles. The fraction of sp³-hybridized carbons (Fsp3) is 1.00. The molecule has 0 bridgehead atoms. The van der Waals surface area contributed by atoms with Gasteiger partial charge in [0.05, 0.1) is 11.4 Å². The second-order valence-corrected chi connectivity index (χ2v) is 8.47. The molecule has 0 aromatic carbocycles. The number of aliphatic hydroxyl groups excluding tert-OH is 1. The van der Waals surface area contributed by atoms with Crippen molar-refractivity contribution < 1.29 is 18.1 Å². The lowest BCUT2D eigenvalue weighted by molar-refractivity contribution is 0.147. The summed E-state index contributed by atoms with van der Waals surface area (Å²) in [4.78, 5) is 0. The van der Waals surface area contributed by atoms with Gasteiger partial charge in [-0.25, -0.2) is 0 Å². The van der Waals surface area contributed by atoms with Crippen LogP contribution in [0.1, 0.15) is 104 Å². The Morgan fingerprint density at radius 1 is 0.696 bits per heavy atom. The van der Waals surface area contributed by atoms with Gasteiger partial charge in [-0.05, 0) is 25.7 Å². The van der Waals surface area contributed by atoms with E-state index in [9.17, 15) is 13.5 Å². The highest BCUT2D eigenvalue weighted by Crippen LogP contribution is 2.17. The van der Waals surface area contributed by atoms with Crippen LogP contribution in [0.4, 0.5) is 0 Å². The standard InChI is InChI=1S/C18H38O4S/c1-3-5-6-7-8-9-10-14-17(19)15-11-12-16-18(13-4-2)23(20,21)22/h17-19H,3-16H2,1-2H3,(H,20,21,22). The normalized spacial score (nSPS) is 14.8. The monoisotopic (exact) mass is 350 g/mol. The lowest BCUT2D eigenvalue weighted by Gasteiger charge is -2.14. The van der Waals surface area contributed by atoms with Crippen molar-refractivity contribution >= 4 is 10.1 Å². The Balaban J connectivity index is 3.60. The van der Waals surface area contributed by atoms with Gasteiger partial charge in [0.25, 0.3) is 10.1 Å². The first-order valence-corrected chi connectivity index (χ1v) is 11.1. The van der Waals surface area contributed by atoms with E-state index in [0.717, 1.165) is 38.5 Å². The summed E-state index contributed by atoms with van der Waals surface area (Å²) >= 11 is 0. The predicted octanol–water partition coefficient (Wildman–Crippen LogP) is 5.10. The van der Waals surface area contributed by atoms with E-state index in [1.807, 2.05) is 6.92 Å². The van der Waals surface area contributed by atoms with Crippen molar-refractivity contribution in [1.82, 2.24) is 0 Å². The Morgan fingerprint density at radius 3 is 1.70 bits per heavy atom. The van der Waals surface area contributed by atoms with Gasteiger partial charge >= 0.3 is 0 Å². The molecular formula is C18H38O4S. The molecule has 23 heavy (non-hydrogen) atoms. The molecule has 0 spiro atoms. The third kappa shape index (κ3) is 14.0. The molecule has 0 saturated carbocycles. The summed E-state index contributed by atoms with van der Waals surface area (Å²) in [6.07, 6.45) is 13.4. The van der Waals surface area contributed by atoms with E-state index in [4.69, 9.17) is 4.55 Å². The lowest BCUT2D eigenvalue weighted by Crippen LogP contribution is -2.20. The number of unbranched alkanes of at least 4 members (excludes halogenated alkanes) is 7. The van der Waals surface area contributed by atoms with Crippen molar-refractivity contribution in [3.05, 3.63) is 0 Å². The summed E-state index contributed by atoms with van der Waals surface area (Å²) in [6, 6.07) is 0. The van der Waals surface area contributed by atoms with E-state index in [2.05, 4.69) is 6.92 Å². The quantitative estimate of drug-likeness (QED) is 0.300. The van der Waals surface area contributed by atoms with Crippen LogP contribution in [-0.2, 0) is 10.1 Å². The molecule has 0 saturated heterocycles. The number of aliphatic hydroxyl groups is 1. The second kappa shape index (κ2) is 14.2. The van der Waals surface area contributed by atoms with Crippen molar-refractivity contribution in [3.8, 4) is 0 Å². The third-order valence-corrected chi connectivity index (χ3v) is 5.80. The fourth-order valence-corrected chi connectivity index (χ4v) is 4.00. The zero-order valence-electron chi connectivity index (χ0n) is 15.2. The molecule has 0 fully saturated rings. The molecule has 0 aliphatic rings. The highest BCUT2D eigenvalue weighted by molar-refractivity contribution is 7.86. The summed E-state index contributed by atoms with van der Waals surface area (Å²) in [5.74, 6) is 0. The minimum Gasteiger partial charge on any atom is -0.393 e. The number of hydrogen-bond acceptors (Lipinski definition) is 3. The minimum atomic E-state index is -3.92. The van der Waals surface area contributed by atoms with Crippen LogP contribution in [0.25, 0.3) is 0 Å². The molecule has 0 aliphatic heterocycles. The van der Waals surface area contributed by atoms with Crippen LogP contribution < -0.4 is 0 Å². The van der Waals surface area contributed by atoms with E-state index in [1.165, 1.54) is 38.5 Å². The van der Waals surface area contributed by atoms with E-state index in [-0.39, 0.29) is 6.10 Å². The highest BCUT2D eigenvalue weighted by atomic mass is 32.2. The highest BCUT2D eigenvalue weighted by Gasteiger charge is 2.21. The first-order valence-electron chi connectivity index (χ1n) is 9.56. The van der Waals surface area contributed by atoms with Crippen LogP contribution in [-0.4, -0.2) is 29.4 Å². The molecule has 0 rings (SSSR count). The maximum absolute atomic E-state index is 11.2. The zero-order valence-corrected chi connectivity index (χ0v) is 16.0. The fourth-order valence-electron chi connectivity index (χ4n) is 3.00. The maximum Gasteiger partial charge on any atom is 0.267 e. The van der Waals surface area contributed by atoms with Gasteiger partial charge in [-0.2, -0.15) is 8.42 Å². The minimum absolute atomic E-state index is 0.263. The Kier molecular flexibility index (Phi) is 14.2. The van der Waals surface area contributed by atoms with Crippen LogP contribution in [0.2, 0.25) is 0 Å². The van der Waals surface area contributed by atoms with Crippen molar-refractivity contribution in [2.45, 2.75) is 115 Å². The molecule has 0 heterocycles. The Morgan fingerprint density at radius 2 is 1.17 bits per heavy atom. The molecule has 140 valence electrons. The van der Waals surface area contributed by atoms with Gasteiger partial charge in [-0.15, -0.1) is 0 Å². The van der Waals surface area contributed by atoms with Crippen LogP contribution >= 0.6 is 0 Å². The average molecular weight is 351 g/mol. The molecule has 2 N–H and O–H groups in total. The molecule has 5 heteroatoms. The lowest BCUT2D eigenvalue weighted by atomic mass is 10.0. The first kappa shape index (κ1) is 22.9. The smallest absolute Gasteiger partial charge is 0.267 e. The first-order chi connectivity index (χ1) is 10.9. The van der Waals surface area contributed by atoms with Crippen molar-refractivity contribution in [3.63, 3.8) is 0 Å². The Bertz CT molecular complexity index is 354. The van der Waals surface area contributed by atoms with Gasteiger partial charge in [-0.3, -0.25) is 4.55 Å². The summed E-state index contributed by atoms with van der Waals surface area (Å²) in [7, 11) is -3.92. The molecule has 4 nitrogen and oxygen atoms in total. The molecule has 0 aromatic rings. The molecule has 2 unspecified atom stereocenters. The summed E-state index contributed by atoms with van der Waals surface area (Å²) in [6.45, 7) is 4.14.